The lowest BCUT2D eigenvalue weighted by atomic mass is 10.2. The molecule has 2 aromatic heterocycles. The normalized spacial score (nSPS) is 10.4. The van der Waals surface area contributed by atoms with E-state index in [0.29, 0.717) is 17.9 Å². The summed E-state index contributed by atoms with van der Waals surface area (Å²) in [5.41, 5.74) is 0.588. The average Bonchev–Trinajstić information content (AvgIpc) is 2.95. The maximum Gasteiger partial charge on any atom is 0.254 e. The monoisotopic (exact) mass is 234 g/mol. The van der Waals surface area contributed by atoms with Gasteiger partial charge in [-0.3, -0.25) is 9.89 Å². The number of furan rings is 1. The van der Waals surface area contributed by atoms with E-state index in [1.165, 1.54) is 12.6 Å². The standard InChI is InChI=1S/C11H14N4O2/c1-8-9(4-6-17-8)11(16)12-5-2-3-10-13-7-14-15-10/h4,6-7H,2-3,5H2,1H3,(H,12,16)(H,13,14,15). The van der Waals surface area contributed by atoms with E-state index in [4.69, 9.17) is 4.42 Å². The highest BCUT2D eigenvalue weighted by molar-refractivity contribution is 5.94. The second-order valence-corrected chi connectivity index (χ2v) is 3.68. The van der Waals surface area contributed by atoms with Crippen molar-refractivity contribution >= 4 is 5.91 Å². The largest absolute Gasteiger partial charge is 0.469 e. The van der Waals surface area contributed by atoms with E-state index in [1.54, 1.807) is 13.0 Å². The minimum Gasteiger partial charge on any atom is -0.469 e. The predicted molar refractivity (Wildman–Crippen MR) is 60.5 cm³/mol. The first-order valence-corrected chi connectivity index (χ1v) is 5.44. The summed E-state index contributed by atoms with van der Waals surface area (Å²) < 4.78 is 5.07. The Morgan fingerprint density at radius 1 is 1.59 bits per heavy atom. The number of amides is 1. The summed E-state index contributed by atoms with van der Waals surface area (Å²) in [5, 5.41) is 9.35. The van der Waals surface area contributed by atoms with Crippen LogP contribution in [0.1, 0.15) is 28.4 Å². The zero-order chi connectivity index (χ0) is 12.1. The summed E-state index contributed by atoms with van der Waals surface area (Å²) >= 11 is 0. The van der Waals surface area contributed by atoms with Crippen molar-refractivity contribution in [1.82, 2.24) is 20.5 Å². The summed E-state index contributed by atoms with van der Waals surface area (Å²) in [6, 6.07) is 1.67. The molecular formula is C11H14N4O2. The van der Waals surface area contributed by atoms with Crippen LogP contribution in [0.25, 0.3) is 0 Å². The zero-order valence-corrected chi connectivity index (χ0v) is 9.56. The number of aromatic nitrogens is 3. The van der Waals surface area contributed by atoms with Crippen molar-refractivity contribution in [2.24, 2.45) is 0 Å². The molecule has 0 saturated carbocycles. The van der Waals surface area contributed by atoms with Gasteiger partial charge in [-0.25, -0.2) is 4.98 Å². The van der Waals surface area contributed by atoms with Crippen molar-refractivity contribution in [1.29, 1.82) is 0 Å². The van der Waals surface area contributed by atoms with Crippen LogP contribution in [0.15, 0.2) is 23.1 Å². The van der Waals surface area contributed by atoms with Crippen LogP contribution in [0.5, 0.6) is 0 Å². The minimum atomic E-state index is -0.103. The number of rotatable bonds is 5. The number of nitrogens with one attached hydrogen (secondary N) is 2. The Labute approximate surface area is 98.4 Å². The highest BCUT2D eigenvalue weighted by Crippen LogP contribution is 2.07. The molecule has 0 spiro atoms. The maximum absolute atomic E-state index is 11.7. The van der Waals surface area contributed by atoms with Gasteiger partial charge in [-0.2, -0.15) is 5.10 Å². The molecule has 2 N–H and O–H groups in total. The highest BCUT2D eigenvalue weighted by Gasteiger charge is 2.10. The van der Waals surface area contributed by atoms with Crippen LogP contribution >= 0.6 is 0 Å². The molecule has 0 bridgehead atoms. The van der Waals surface area contributed by atoms with Gasteiger partial charge < -0.3 is 9.73 Å². The molecule has 0 unspecified atom stereocenters. The number of aryl methyl sites for hydroxylation is 2. The van der Waals surface area contributed by atoms with E-state index in [1.807, 2.05) is 0 Å². The van der Waals surface area contributed by atoms with Crippen molar-refractivity contribution in [3.8, 4) is 0 Å². The predicted octanol–water partition coefficient (Wildman–Crippen LogP) is 1.07. The van der Waals surface area contributed by atoms with Crippen LogP contribution in [0.4, 0.5) is 0 Å². The quantitative estimate of drug-likeness (QED) is 0.758. The van der Waals surface area contributed by atoms with Crippen LogP contribution in [0.2, 0.25) is 0 Å². The van der Waals surface area contributed by atoms with Crippen LogP contribution in [0, 0.1) is 6.92 Å². The third-order valence-electron chi connectivity index (χ3n) is 2.44. The third kappa shape index (κ3) is 2.93. The van der Waals surface area contributed by atoms with E-state index in [2.05, 4.69) is 20.5 Å². The maximum atomic E-state index is 11.7. The first kappa shape index (κ1) is 11.4. The molecule has 6 nitrogen and oxygen atoms in total. The Bertz CT molecular complexity index is 475. The van der Waals surface area contributed by atoms with Gasteiger partial charge in [-0.15, -0.1) is 0 Å². The fourth-order valence-corrected chi connectivity index (χ4v) is 1.52. The van der Waals surface area contributed by atoms with Gasteiger partial charge in [0, 0.05) is 13.0 Å². The molecule has 0 aliphatic heterocycles. The van der Waals surface area contributed by atoms with E-state index < -0.39 is 0 Å². The second-order valence-electron chi connectivity index (χ2n) is 3.68. The van der Waals surface area contributed by atoms with Crippen molar-refractivity contribution in [2.45, 2.75) is 19.8 Å². The number of aromatic amines is 1. The number of hydrogen-bond acceptors (Lipinski definition) is 4. The van der Waals surface area contributed by atoms with Crippen molar-refractivity contribution in [3.05, 3.63) is 35.8 Å². The Morgan fingerprint density at radius 2 is 2.47 bits per heavy atom. The van der Waals surface area contributed by atoms with Crippen LogP contribution < -0.4 is 5.32 Å². The van der Waals surface area contributed by atoms with E-state index in [9.17, 15) is 4.79 Å². The molecule has 90 valence electrons. The number of H-pyrrole nitrogens is 1. The third-order valence-corrected chi connectivity index (χ3v) is 2.44. The molecule has 0 saturated heterocycles. The Balaban J connectivity index is 1.72. The smallest absolute Gasteiger partial charge is 0.254 e. The SMILES string of the molecule is Cc1occc1C(=O)NCCCc1ncn[nH]1. The fourth-order valence-electron chi connectivity index (χ4n) is 1.52. The fraction of sp³-hybridized carbons (Fsp3) is 0.364. The van der Waals surface area contributed by atoms with Gasteiger partial charge in [0.05, 0.1) is 11.8 Å². The summed E-state index contributed by atoms with van der Waals surface area (Å²) in [5.74, 6) is 1.37. The van der Waals surface area contributed by atoms with Crippen LogP contribution in [0.3, 0.4) is 0 Å². The topological polar surface area (TPSA) is 83.8 Å². The molecule has 0 aromatic carbocycles. The molecule has 0 aliphatic carbocycles. The molecular weight excluding hydrogens is 220 g/mol. The Morgan fingerprint density at radius 3 is 3.12 bits per heavy atom. The number of carbonyl (C=O) groups is 1. The molecule has 0 radical (unpaired) electrons. The second kappa shape index (κ2) is 5.29. The van der Waals surface area contributed by atoms with Gasteiger partial charge in [-0.1, -0.05) is 0 Å². The minimum absolute atomic E-state index is 0.103. The molecule has 17 heavy (non-hydrogen) atoms. The van der Waals surface area contributed by atoms with Crippen molar-refractivity contribution in [2.75, 3.05) is 6.54 Å². The van der Waals surface area contributed by atoms with E-state index in [0.717, 1.165) is 18.7 Å². The lowest BCUT2D eigenvalue weighted by molar-refractivity contribution is 0.0951. The first-order chi connectivity index (χ1) is 8.27. The van der Waals surface area contributed by atoms with Gasteiger partial charge in [0.15, 0.2) is 0 Å². The highest BCUT2D eigenvalue weighted by atomic mass is 16.3. The summed E-state index contributed by atoms with van der Waals surface area (Å²) in [7, 11) is 0. The van der Waals surface area contributed by atoms with Gasteiger partial charge in [0.1, 0.15) is 17.9 Å². The van der Waals surface area contributed by atoms with Gasteiger partial charge in [-0.05, 0) is 19.4 Å². The lowest BCUT2D eigenvalue weighted by Crippen LogP contribution is -2.25. The van der Waals surface area contributed by atoms with E-state index in [-0.39, 0.29) is 5.91 Å². The Kier molecular flexibility index (Phi) is 3.54. The molecule has 2 aromatic rings. The Hall–Kier alpha value is -2.11. The van der Waals surface area contributed by atoms with Crippen LogP contribution in [-0.2, 0) is 6.42 Å². The molecule has 2 heterocycles. The molecule has 0 atom stereocenters. The average molecular weight is 234 g/mol. The molecule has 6 heteroatoms. The molecule has 0 fully saturated rings. The summed E-state index contributed by atoms with van der Waals surface area (Å²) in [4.78, 5) is 15.7. The van der Waals surface area contributed by atoms with Crippen LogP contribution in [-0.4, -0.2) is 27.6 Å². The van der Waals surface area contributed by atoms with Gasteiger partial charge in [0.25, 0.3) is 5.91 Å². The number of hydrogen-bond donors (Lipinski definition) is 2. The molecule has 1 amide bonds. The van der Waals surface area contributed by atoms with Crippen molar-refractivity contribution < 1.29 is 9.21 Å². The summed E-state index contributed by atoms with van der Waals surface area (Å²) in [6.45, 7) is 2.37. The number of nitrogens with zero attached hydrogens (tertiary/aromatic N) is 2. The van der Waals surface area contributed by atoms with E-state index >= 15 is 0 Å². The first-order valence-electron chi connectivity index (χ1n) is 5.44. The summed E-state index contributed by atoms with van der Waals surface area (Å²) in [6.07, 6.45) is 4.57. The zero-order valence-electron chi connectivity index (χ0n) is 9.56. The lowest BCUT2D eigenvalue weighted by Gasteiger charge is -2.02. The number of carbonyl (C=O) groups excluding carboxylic acids is 1. The molecule has 0 aliphatic rings. The molecule has 2 rings (SSSR count). The van der Waals surface area contributed by atoms with Crippen molar-refractivity contribution in [3.63, 3.8) is 0 Å². The van der Waals surface area contributed by atoms with Gasteiger partial charge in [0.2, 0.25) is 0 Å². The van der Waals surface area contributed by atoms with Gasteiger partial charge >= 0.3 is 0 Å².